The Kier molecular flexibility index (Phi) is 5.36. The van der Waals surface area contributed by atoms with Gasteiger partial charge < -0.3 is 10.5 Å². The van der Waals surface area contributed by atoms with E-state index < -0.39 is 5.91 Å². The van der Waals surface area contributed by atoms with Gasteiger partial charge in [0.25, 0.3) is 5.91 Å². The van der Waals surface area contributed by atoms with Crippen molar-refractivity contribution in [1.82, 2.24) is 0 Å². The molecule has 0 radical (unpaired) electrons. The summed E-state index contributed by atoms with van der Waals surface area (Å²) in [7, 11) is 1.62. The zero-order valence-corrected chi connectivity index (χ0v) is 13.6. The van der Waals surface area contributed by atoms with Crippen molar-refractivity contribution in [3.8, 4) is 5.75 Å². The van der Waals surface area contributed by atoms with Gasteiger partial charge in [-0.3, -0.25) is 9.59 Å². The Morgan fingerprint density at radius 3 is 2.62 bits per heavy atom. The van der Waals surface area contributed by atoms with E-state index in [1.807, 2.05) is 31.2 Å². The molecule has 1 amide bonds. The molecule has 1 aromatic rings. The van der Waals surface area contributed by atoms with E-state index in [4.69, 9.17) is 10.5 Å². The number of Topliss-reactive ketones (excluding diaryl/α,β-unsaturated/α-hetero) is 1. The smallest absolute Gasteiger partial charge is 0.254 e. The van der Waals surface area contributed by atoms with Crippen LogP contribution in [0.5, 0.6) is 5.75 Å². The number of methoxy groups -OCH3 is 1. The number of carbonyl (C=O) groups is 2. The van der Waals surface area contributed by atoms with E-state index in [2.05, 4.69) is 0 Å². The van der Waals surface area contributed by atoms with Gasteiger partial charge in [0.05, 0.1) is 11.3 Å². The van der Waals surface area contributed by atoms with Gasteiger partial charge in [0, 0.05) is 11.7 Å². The molecule has 0 saturated carbocycles. The highest BCUT2D eigenvalue weighted by Gasteiger charge is 2.32. The largest absolute Gasteiger partial charge is 0.497 e. The molecule has 2 rings (SSSR count). The van der Waals surface area contributed by atoms with E-state index in [1.54, 1.807) is 18.9 Å². The molecule has 1 unspecified atom stereocenters. The molecule has 21 heavy (non-hydrogen) atoms. The fourth-order valence-electron chi connectivity index (χ4n) is 2.09. The summed E-state index contributed by atoms with van der Waals surface area (Å²) in [5, 5.41) is 0.0144. The van der Waals surface area contributed by atoms with Gasteiger partial charge in [0.1, 0.15) is 11.3 Å². The van der Waals surface area contributed by atoms with Gasteiger partial charge >= 0.3 is 0 Å². The predicted molar refractivity (Wildman–Crippen MR) is 87.3 cm³/mol. The number of ketones is 1. The SMILES string of the molecule is CCSC1=C(C(N)=O)C(=O)CC(c2ccc(OC)cc2)S1. The molecule has 1 aromatic carbocycles. The average Bonchev–Trinajstić information content (AvgIpc) is 2.46. The van der Waals surface area contributed by atoms with Crippen LogP contribution >= 0.6 is 23.5 Å². The second-order valence-electron chi connectivity index (χ2n) is 4.47. The van der Waals surface area contributed by atoms with Crippen molar-refractivity contribution in [2.45, 2.75) is 18.6 Å². The molecule has 2 N–H and O–H groups in total. The molecule has 1 atom stereocenters. The number of primary amides is 1. The molecule has 0 aromatic heterocycles. The van der Waals surface area contributed by atoms with E-state index >= 15 is 0 Å². The van der Waals surface area contributed by atoms with Gasteiger partial charge in [0.2, 0.25) is 0 Å². The molecule has 0 bridgehead atoms. The topological polar surface area (TPSA) is 69.4 Å². The Bertz CT molecular complexity index is 581. The number of hydrogen-bond donors (Lipinski definition) is 1. The van der Waals surface area contributed by atoms with Crippen LogP contribution in [0.15, 0.2) is 34.1 Å². The predicted octanol–water partition coefficient (Wildman–Crippen LogP) is 2.89. The first kappa shape index (κ1) is 16.0. The Labute approximate surface area is 132 Å². The second kappa shape index (κ2) is 7.04. The number of carbonyl (C=O) groups excluding carboxylic acids is 2. The number of nitrogens with two attached hydrogens (primary N) is 1. The lowest BCUT2D eigenvalue weighted by molar-refractivity contribution is -0.121. The summed E-state index contributed by atoms with van der Waals surface area (Å²) in [5.74, 6) is 0.777. The van der Waals surface area contributed by atoms with Gasteiger partial charge in [-0.1, -0.05) is 19.1 Å². The minimum atomic E-state index is -0.628. The highest BCUT2D eigenvalue weighted by Crippen LogP contribution is 2.48. The Balaban J connectivity index is 2.29. The van der Waals surface area contributed by atoms with Crippen molar-refractivity contribution >= 4 is 35.2 Å². The van der Waals surface area contributed by atoms with E-state index in [1.165, 1.54) is 11.8 Å². The Morgan fingerprint density at radius 1 is 1.43 bits per heavy atom. The van der Waals surface area contributed by atoms with Crippen molar-refractivity contribution in [3.63, 3.8) is 0 Å². The molecule has 0 fully saturated rings. The maximum Gasteiger partial charge on any atom is 0.254 e. The summed E-state index contributed by atoms with van der Waals surface area (Å²) in [6.07, 6.45) is 0.295. The van der Waals surface area contributed by atoms with Crippen molar-refractivity contribution < 1.29 is 14.3 Å². The van der Waals surface area contributed by atoms with Crippen molar-refractivity contribution in [3.05, 3.63) is 39.6 Å². The van der Waals surface area contributed by atoms with Crippen LogP contribution < -0.4 is 10.5 Å². The fourth-order valence-corrected chi connectivity index (χ4v) is 4.81. The molecule has 6 heteroatoms. The zero-order chi connectivity index (χ0) is 15.4. The van der Waals surface area contributed by atoms with E-state index in [0.717, 1.165) is 21.3 Å². The van der Waals surface area contributed by atoms with Crippen LogP contribution in [0.2, 0.25) is 0 Å². The van der Waals surface area contributed by atoms with E-state index in [9.17, 15) is 9.59 Å². The zero-order valence-electron chi connectivity index (χ0n) is 11.9. The Morgan fingerprint density at radius 2 is 2.10 bits per heavy atom. The summed E-state index contributed by atoms with van der Waals surface area (Å²) < 4.78 is 5.88. The molecule has 4 nitrogen and oxygen atoms in total. The number of ether oxygens (including phenoxy) is 1. The molecule has 1 heterocycles. The van der Waals surface area contributed by atoms with Crippen LogP contribution in [0.3, 0.4) is 0 Å². The van der Waals surface area contributed by atoms with Gasteiger partial charge in [-0.05, 0) is 23.4 Å². The molecular formula is C15H17NO3S2. The van der Waals surface area contributed by atoms with Crippen LogP contribution in [0, 0.1) is 0 Å². The highest BCUT2D eigenvalue weighted by atomic mass is 32.2. The van der Waals surface area contributed by atoms with Crippen molar-refractivity contribution in [2.24, 2.45) is 5.73 Å². The maximum atomic E-state index is 12.2. The van der Waals surface area contributed by atoms with Gasteiger partial charge in [0.15, 0.2) is 5.78 Å². The molecule has 112 valence electrons. The van der Waals surface area contributed by atoms with Crippen molar-refractivity contribution in [1.29, 1.82) is 0 Å². The number of thioether (sulfide) groups is 2. The standard InChI is InChI=1S/C15H17NO3S2/c1-3-20-15-13(14(16)18)11(17)8-12(21-15)9-4-6-10(19-2)7-5-9/h4-7,12H,3,8H2,1-2H3,(H2,16,18). The lowest BCUT2D eigenvalue weighted by Crippen LogP contribution is -2.25. The minimum absolute atomic E-state index is 0.0144. The van der Waals surface area contributed by atoms with Crippen LogP contribution in [0.25, 0.3) is 0 Å². The maximum absolute atomic E-state index is 12.2. The normalized spacial score (nSPS) is 18.8. The lowest BCUT2D eigenvalue weighted by Gasteiger charge is -2.24. The molecule has 0 saturated heterocycles. The number of amides is 1. The average molecular weight is 323 g/mol. The first-order chi connectivity index (χ1) is 10.1. The van der Waals surface area contributed by atoms with Crippen LogP contribution in [0.1, 0.15) is 24.2 Å². The summed E-state index contributed by atoms with van der Waals surface area (Å²) in [6, 6.07) is 7.65. The first-order valence-electron chi connectivity index (χ1n) is 6.57. The fraction of sp³-hybridized carbons (Fsp3) is 0.333. The number of benzene rings is 1. The first-order valence-corrected chi connectivity index (χ1v) is 8.44. The molecule has 1 aliphatic heterocycles. The third-order valence-corrected chi connectivity index (χ3v) is 5.65. The second-order valence-corrected chi connectivity index (χ2v) is 7.21. The Hall–Kier alpha value is -1.40. The van der Waals surface area contributed by atoms with E-state index in [0.29, 0.717) is 6.42 Å². The minimum Gasteiger partial charge on any atom is -0.497 e. The van der Waals surface area contributed by atoms with Crippen LogP contribution in [-0.4, -0.2) is 24.6 Å². The van der Waals surface area contributed by atoms with Gasteiger partial charge in [-0.15, -0.1) is 23.5 Å². The lowest BCUT2D eigenvalue weighted by atomic mass is 10.0. The monoisotopic (exact) mass is 323 g/mol. The quantitative estimate of drug-likeness (QED) is 0.844. The molecule has 1 aliphatic rings. The summed E-state index contributed by atoms with van der Waals surface area (Å²) in [4.78, 5) is 23.7. The molecular weight excluding hydrogens is 306 g/mol. The number of rotatable bonds is 5. The molecule has 0 spiro atoms. The molecule has 0 aliphatic carbocycles. The summed E-state index contributed by atoms with van der Waals surface area (Å²) in [6.45, 7) is 1.98. The summed E-state index contributed by atoms with van der Waals surface area (Å²) >= 11 is 3.04. The third kappa shape index (κ3) is 3.63. The van der Waals surface area contributed by atoms with Crippen molar-refractivity contribution in [2.75, 3.05) is 12.9 Å². The number of hydrogen-bond acceptors (Lipinski definition) is 5. The van der Waals surface area contributed by atoms with Gasteiger partial charge in [-0.25, -0.2) is 0 Å². The highest BCUT2D eigenvalue weighted by molar-refractivity contribution is 8.22. The van der Waals surface area contributed by atoms with Gasteiger partial charge in [-0.2, -0.15) is 0 Å². The van der Waals surface area contributed by atoms with Crippen LogP contribution in [0.4, 0.5) is 0 Å². The third-order valence-electron chi connectivity index (χ3n) is 3.11. The van der Waals surface area contributed by atoms with E-state index in [-0.39, 0.29) is 16.6 Å². The summed E-state index contributed by atoms with van der Waals surface area (Å²) in [5.41, 5.74) is 6.55. The van der Waals surface area contributed by atoms with Crippen LogP contribution in [-0.2, 0) is 9.59 Å².